The van der Waals surface area contributed by atoms with Crippen LogP contribution in [0.15, 0.2) is 119 Å². The minimum Gasteiger partial charge on any atom is -0.125 e. The lowest BCUT2D eigenvalue weighted by Crippen LogP contribution is -2.03. The van der Waals surface area contributed by atoms with E-state index >= 15 is 0 Å². The maximum Gasteiger partial charge on any atom is 0.0235 e. The molecule has 0 saturated carbocycles. The molecule has 1 heteroatoms. The Hall–Kier alpha value is -2.25. The number of thioether (sulfide) groups is 1. The number of hydrogen-bond donors (Lipinski definition) is 0. The Morgan fingerprint density at radius 1 is 1.25 bits per heavy atom. The van der Waals surface area contributed by atoms with Crippen LogP contribution < -0.4 is 0 Å². The van der Waals surface area contributed by atoms with Gasteiger partial charge in [0.15, 0.2) is 0 Å². The highest BCUT2D eigenvalue weighted by Crippen LogP contribution is 2.39. The van der Waals surface area contributed by atoms with E-state index in [2.05, 4.69) is 93.8 Å². The lowest BCUT2D eigenvalue weighted by molar-refractivity contribution is 0.938. The van der Waals surface area contributed by atoms with Gasteiger partial charge in [0.2, 0.25) is 0 Å². The third-order valence-corrected chi connectivity index (χ3v) is 5.81. The summed E-state index contributed by atoms with van der Waals surface area (Å²) < 4.78 is 0. The Morgan fingerprint density at radius 2 is 2.07 bits per heavy atom. The van der Waals surface area contributed by atoms with Gasteiger partial charge < -0.3 is 0 Å². The van der Waals surface area contributed by atoms with Gasteiger partial charge in [-0.2, -0.15) is 0 Å². The average Bonchev–Trinajstić information content (AvgIpc) is 2.71. The van der Waals surface area contributed by atoms with Crippen molar-refractivity contribution in [3.05, 3.63) is 119 Å². The minimum atomic E-state index is 0.429. The Bertz CT molecular complexity index is 831. The van der Waals surface area contributed by atoms with Crippen molar-refractivity contribution in [3.63, 3.8) is 0 Å². The van der Waals surface area contributed by atoms with E-state index in [0.717, 1.165) is 24.2 Å². The molecule has 0 nitrogen and oxygen atoms in total. The Kier molecular flexibility index (Phi) is 9.10. The van der Waals surface area contributed by atoms with Crippen molar-refractivity contribution in [2.45, 2.75) is 33.6 Å². The predicted molar refractivity (Wildman–Crippen MR) is 129 cm³/mol. The molecule has 0 bridgehead atoms. The first-order valence-corrected chi connectivity index (χ1v) is 10.9. The molecule has 0 aromatic rings. The third-order valence-electron chi connectivity index (χ3n) is 4.62. The molecule has 0 amide bonds. The van der Waals surface area contributed by atoms with Crippen LogP contribution in [-0.2, 0) is 0 Å². The van der Waals surface area contributed by atoms with Crippen molar-refractivity contribution < 1.29 is 0 Å². The van der Waals surface area contributed by atoms with Crippen LogP contribution in [0.4, 0.5) is 0 Å². The molecule has 1 aliphatic carbocycles. The molecular weight excluding hydrogens is 356 g/mol. The molecular formula is C27H32S. The van der Waals surface area contributed by atoms with Crippen molar-refractivity contribution >= 4 is 11.8 Å². The molecule has 1 heterocycles. The Labute approximate surface area is 175 Å². The van der Waals surface area contributed by atoms with E-state index in [1.54, 1.807) is 0 Å². The molecule has 0 aromatic carbocycles. The van der Waals surface area contributed by atoms with Crippen molar-refractivity contribution in [1.29, 1.82) is 0 Å². The Balaban J connectivity index is 2.52. The van der Waals surface area contributed by atoms with Crippen LogP contribution in [-0.4, -0.2) is 5.75 Å². The smallest absolute Gasteiger partial charge is 0.0235 e. The number of rotatable bonds is 6. The fourth-order valence-corrected chi connectivity index (χ4v) is 4.20. The second-order valence-electron chi connectivity index (χ2n) is 7.17. The maximum atomic E-state index is 4.19. The van der Waals surface area contributed by atoms with Crippen LogP contribution in [0.5, 0.6) is 0 Å². The molecule has 0 aromatic heterocycles. The van der Waals surface area contributed by atoms with Gasteiger partial charge in [0.1, 0.15) is 0 Å². The summed E-state index contributed by atoms with van der Waals surface area (Å²) in [6.45, 7) is 14.6. The summed E-state index contributed by atoms with van der Waals surface area (Å²) in [6.07, 6.45) is 28.0. The first kappa shape index (κ1) is 22.0. The van der Waals surface area contributed by atoms with Crippen LogP contribution in [0.2, 0.25) is 0 Å². The van der Waals surface area contributed by atoms with Gasteiger partial charge in [0.05, 0.1) is 0 Å². The highest BCUT2D eigenvalue weighted by atomic mass is 32.2. The van der Waals surface area contributed by atoms with Crippen LogP contribution in [0.25, 0.3) is 0 Å². The summed E-state index contributed by atoms with van der Waals surface area (Å²) in [4.78, 5) is 1.38. The summed E-state index contributed by atoms with van der Waals surface area (Å²) >= 11 is 1.92. The molecule has 0 saturated heterocycles. The summed E-state index contributed by atoms with van der Waals surface area (Å²) in [5.41, 5.74) is 6.37. The van der Waals surface area contributed by atoms with Crippen LogP contribution in [0.1, 0.15) is 33.6 Å². The average molecular weight is 389 g/mol. The quantitative estimate of drug-likeness (QED) is 0.326. The maximum absolute atomic E-state index is 4.19. The number of hydrogen-bond acceptors (Lipinski definition) is 1. The lowest BCUT2D eigenvalue weighted by Gasteiger charge is -2.22. The van der Waals surface area contributed by atoms with E-state index in [-0.39, 0.29) is 0 Å². The van der Waals surface area contributed by atoms with Crippen LogP contribution in [0, 0.1) is 5.92 Å². The zero-order valence-electron chi connectivity index (χ0n) is 17.4. The molecule has 1 aliphatic heterocycles. The van der Waals surface area contributed by atoms with Gasteiger partial charge in [-0.25, -0.2) is 0 Å². The van der Waals surface area contributed by atoms with Gasteiger partial charge in [-0.15, -0.1) is 18.3 Å². The van der Waals surface area contributed by atoms with E-state index in [0.29, 0.717) is 5.92 Å². The monoisotopic (exact) mass is 388 g/mol. The molecule has 0 spiro atoms. The first-order chi connectivity index (χ1) is 13.5. The zero-order chi connectivity index (χ0) is 20.4. The van der Waals surface area contributed by atoms with E-state index in [1.807, 2.05) is 24.8 Å². The van der Waals surface area contributed by atoms with Crippen molar-refractivity contribution in [2.24, 2.45) is 5.92 Å². The summed E-state index contributed by atoms with van der Waals surface area (Å²) in [6, 6.07) is 0. The first-order valence-electron chi connectivity index (χ1n) is 9.94. The second-order valence-corrected chi connectivity index (χ2v) is 8.24. The highest BCUT2D eigenvalue weighted by Gasteiger charge is 2.17. The van der Waals surface area contributed by atoms with Gasteiger partial charge >= 0.3 is 0 Å². The highest BCUT2D eigenvalue weighted by molar-refractivity contribution is 8.03. The predicted octanol–water partition coefficient (Wildman–Crippen LogP) is 8.20. The largest absolute Gasteiger partial charge is 0.125 e. The van der Waals surface area contributed by atoms with Crippen molar-refractivity contribution in [2.75, 3.05) is 5.75 Å². The molecule has 28 heavy (non-hydrogen) atoms. The molecule has 146 valence electrons. The molecule has 0 radical (unpaired) electrons. The van der Waals surface area contributed by atoms with E-state index < -0.39 is 0 Å². The molecule has 0 fully saturated rings. The fraction of sp³-hybridized carbons (Fsp3) is 0.259. The summed E-state index contributed by atoms with van der Waals surface area (Å²) in [5.74, 6) is 1.42. The van der Waals surface area contributed by atoms with Gasteiger partial charge in [-0.1, -0.05) is 97.6 Å². The van der Waals surface area contributed by atoms with E-state index in [4.69, 9.17) is 0 Å². The zero-order valence-corrected chi connectivity index (χ0v) is 18.3. The molecule has 2 rings (SSSR count). The fourth-order valence-electron chi connectivity index (χ4n) is 3.06. The molecule has 1 unspecified atom stereocenters. The molecule has 2 aliphatic rings. The summed E-state index contributed by atoms with van der Waals surface area (Å²) in [7, 11) is 0. The van der Waals surface area contributed by atoms with E-state index in [1.165, 1.54) is 27.2 Å². The van der Waals surface area contributed by atoms with E-state index in [9.17, 15) is 0 Å². The normalized spacial score (nSPS) is 25.8. The summed E-state index contributed by atoms with van der Waals surface area (Å²) in [5, 5.41) is 0. The Morgan fingerprint density at radius 3 is 2.82 bits per heavy atom. The van der Waals surface area contributed by atoms with Crippen molar-refractivity contribution in [1.82, 2.24) is 0 Å². The molecule has 0 N–H and O–H groups in total. The van der Waals surface area contributed by atoms with Gasteiger partial charge in [-0.05, 0) is 54.2 Å². The van der Waals surface area contributed by atoms with Crippen LogP contribution in [0.3, 0.4) is 0 Å². The van der Waals surface area contributed by atoms with Gasteiger partial charge in [0, 0.05) is 5.75 Å². The topological polar surface area (TPSA) is 0 Å². The number of allylic oxidation sites excluding steroid dienone is 17. The van der Waals surface area contributed by atoms with Gasteiger partial charge in [0.25, 0.3) is 0 Å². The molecule has 1 atom stereocenters. The lowest BCUT2D eigenvalue weighted by atomic mass is 9.95. The van der Waals surface area contributed by atoms with Crippen molar-refractivity contribution in [3.8, 4) is 0 Å². The van der Waals surface area contributed by atoms with Gasteiger partial charge in [-0.3, -0.25) is 0 Å². The third kappa shape index (κ3) is 6.73. The van der Waals surface area contributed by atoms with Crippen LogP contribution >= 0.6 is 11.8 Å². The SMILES string of the molecule is C=CCC1=C(/C=C\C(=C)C/C=C\C)C2=C(/C=C(C)/C=C\C(C)/C=C\C=C\2)CS1. The standard InChI is InChI=1S/C27H32S/c1-6-8-12-21(3)17-18-26-25-14-10-9-13-22(4)15-16-23(5)19-24(25)20-28-27(26)11-7-2/h6-10,13-19,22H,2-3,11-12,20H2,1,4-5H3/b8-6-,13-9-,14-10+,16-15-,18-17-,23-19+. The minimum absolute atomic E-state index is 0.429. The second kappa shape index (κ2) is 11.6.